The highest BCUT2D eigenvalue weighted by molar-refractivity contribution is 5.66. The van der Waals surface area contributed by atoms with E-state index in [1.54, 1.807) is 0 Å². The summed E-state index contributed by atoms with van der Waals surface area (Å²) in [6, 6.07) is 0. The average molecular weight is 197 g/mol. The van der Waals surface area contributed by atoms with E-state index in [1.807, 2.05) is 0 Å². The summed E-state index contributed by atoms with van der Waals surface area (Å²) in [5.41, 5.74) is -1.79. The average Bonchev–Trinajstić information content (AvgIpc) is 2.65. The van der Waals surface area contributed by atoms with E-state index in [9.17, 15) is 18.0 Å². The first-order valence-corrected chi connectivity index (χ1v) is 3.91. The zero-order valence-corrected chi connectivity index (χ0v) is 6.82. The van der Waals surface area contributed by atoms with Gasteiger partial charge < -0.3 is 10.4 Å². The first kappa shape index (κ1) is 10.3. The third kappa shape index (κ3) is 2.33. The molecule has 0 aromatic carbocycles. The number of halogens is 3. The Morgan fingerprint density at radius 1 is 1.46 bits per heavy atom. The van der Waals surface area contributed by atoms with Crippen LogP contribution in [-0.2, 0) is 4.79 Å². The summed E-state index contributed by atoms with van der Waals surface area (Å²) >= 11 is 0. The van der Waals surface area contributed by atoms with Crippen molar-refractivity contribution in [3.05, 3.63) is 0 Å². The molecule has 2 N–H and O–H groups in total. The van der Waals surface area contributed by atoms with Gasteiger partial charge in [-0.3, -0.25) is 4.79 Å². The van der Waals surface area contributed by atoms with Crippen molar-refractivity contribution < 1.29 is 23.1 Å². The molecule has 0 bridgehead atoms. The molecule has 0 aliphatic heterocycles. The van der Waals surface area contributed by atoms with Gasteiger partial charge in [-0.1, -0.05) is 0 Å². The van der Waals surface area contributed by atoms with Gasteiger partial charge in [0, 0.05) is 6.54 Å². The van der Waals surface area contributed by atoms with Gasteiger partial charge in [0.25, 0.3) is 0 Å². The van der Waals surface area contributed by atoms with Gasteiger partial charge in [-0.15, -0.1) is 0 Å². The fourth-order valence-corrected chi connectivity index (χ4v) is 1.09. The molecule has 0 aromatic heterocycles. The topological polar surface area (TPSA) is 49.3 Å². The standard InChI is InChI=1S/C7H10F3NO2/c8-7(9,10)6(2-3-6)11-4-1-5(12)13/h11H,1-4H2,(H,12,13). The van der Waals surface area contributed by atoms with Crippen molar-refractivity contribution >= 4 is 5.97 Å². The highest BCUT2D eigenvalue weighted by atomic mass is 19.4. The number of hydrogen-bond donors (Lipinski definition) is 2. The van der Waals surface area contributed by atoms with E-state index in [-0.39, 0.29) is 25.8 Å². The second-order valence-electron chi connectivity index (χ2n) is 3.15. The second kappa shape index (κ2) is 3.17. The predicted molar refractivity (Wildman–Crippen MR) is 38.3 cm³/mol. The Balaban J connectivity index is 2.32. The molecular formula is C7H10F3NO2. The third-order valence-corrected chi connectivity index (χ3v) is 2.09. The first-order chi connectivity index (χ1) is 5.87. The van der Waals surface area contributed by atoms with Gasteiger partial charge in [0.2, 0.25) is 0 Å². The maximum Gasteiger partial charge on any atom is 0.406 e. The predicted octanol–water partition coefficient (Wildman–Crippen LogP) is 1.15. The molecule has 6 heteroatoms. The van der Waals surface area contributed by atoms with Gasteiger partial charge in [-0.2, -0.15) is 13.2 Å². The molecule has 0 spiro atoms. The molecular weight excluding hydrogens is 187 g/mol. The summed E-state index contributed by atoms with van der Waals surface area (Å²) in [5.74, 6) is -1.09. The van der Waals surface area contributed by atoms with Gasteiger partial charge in [-0.05, 0) is 12.8 Å². The molecule has 76 valence electrons. The number of carbonyl (C=O) groups is 1. The van der Waals surface area contributed by atoms with E-state index in [0.29, 0.717) is 0 Å². The quantitative estimate of drug-likeness (QED) is 0.710. The summed E-state index contributed by atoms with van der Waals surface area (Å²) in [7, 11) is 0. The minimum absolute atomic E-state index is 0.0517. The lowest BCUT2D eigenvalue weighted by Crippen LogP contribution is -2.45. The minimum Gasteiger partial charge on any atom is -0.481 e. The van der Waals surface area contributed by atoms with E-state index < -0.39 is 17.7 Å². The van der Waals surface area contributed by atoms with Gasteiger partial charge in [-0.25, -0.2) is 0 Å². The number of carboxylic acids is 1. The van der Waals surface area contributed by atoms with Crippen LogP contribution in [0.3, 0.4) is 0 Å². The van der Waals surface area contributed by atoms with E-state index in [0.717, 1.165) is 0 Å². The molecule has 0 unspecified atom stereocenters. The maximum absolute atomic E-state index is 12.2. The normalized spacial score (nSPS) is 19.9. The van der Waals surface area contributed by atoms with Crippen LogP contribution in [0.5, 0.6) is 0 Å². The largest absolute Gasteiger partial charge is 0.481 e. The lowest BCUT2D eigenvalue weighted by Gasteiger charge is -2.19. The summed E-state index contributed by atoms with van der Waals surface area (Å²) in [6.07, 6.45) is -4.43. The van der Waals surface area contributed by atoms with Crippen LogP contribution in [-0.4, -0.2) is 29.3 Å². The van der Waals surface area contributed by atoms with E-state index >= 15 is 0 Å². The van der Waals surface area contributed by atoms with Crippen molar-refractivity contribution in [2.45, 2.75) is 31.0 Å². The highest BCUT2D eigenvalue weighted by Gasteiger charge is 2.62. The number of hydrogen-bond acceptors (Lipinski definition) is 2. The highest BCUT2D eigenvalue weighted by Crippen LogP contribution is 2.48. The Labute approximate surface area is 72.9 Å². The number of carboxylic acid groups (broad SMARTS) is 1. The van der Waals surface area contributed by atoms with Crippen LogP contribution in [0.25, 0.3) is 0 Å². The molecule has 0 amide bonds. The van der Waals surface area contributed by atoms with E-state index in [1.165, 1.54) is 0 Å². The summed E-state index contributed by atoms with van der Waals surface area (Å²) in [6.45, 7) is -0.130. The second-order valence-corrected chi connectivity index (χ2v) is 3.15. The molecule has 0 heterocycles. The van der Waals surface area contributed by atoms with Crippen LogP contribution in [0.4, 0.5) is 13.2 Å². The van der Waals surface area contributed by atoms with Crippen molar-refractivity contribution in [3.63, 3.8) is 0 Å². The van der Waals surface area contributed by atoms with Crippen LogP contribution in [0.1, 0.15) is 19.3 Å². The Hall–Kier alpha value is -0.780. The molecule has 1 fully saturated rings. The smallest absolute Gasteiger partial charge is 0.406 e. The van der Waals surface area contributed by atoms with Crippen LogP contribution in [0.2, 0.25) is 0 Å². The molecule has 1 saturated carbocycles. The van der Waals surface area contributed by atoms with E-state index in [2.05, 4.69) is 5.32 Å². The number of nitrogens with one attached hydrogen (secondary N) is 1. The molecule has 0 saturated heterocycles. The number of alkyl halides is 3. The third-order valence-electron chi connectivity index (χ3n) is 2.09. The number of rotatable bonds is 4. The molecule has 1 rings (SSSR count). The molecule has 0 aromatic rings. The molecule has 0 atom stereocenters. The van der Waals surface area contributed by atoms with Crippen molar-refractivity contribution in [3.8, 4) is 0 Å². The Kier molecular flexibility index (Phi) is 2.51. The van der Waals surface area contributed by atoms with Gasteiger partial charge in [0.1, 0.15) is 5.54 Å². The first-order valence-electron chi connectivity index (χ1n) is 3.91. The van der Waals surface area contributed by atoms with Gasteiger partial charge >= 0.3 is 12.1 Å². The monoisotopic (exact) mass is 197 g/mol. The lowest BCUT2D eigenvalue weighted by atomic mass is 10.2. The van der Waals surface area contributed by atoms with Crippen molar-refractivity contribution in [2.24, 2.45) is 0 Å². The lowest BCUT2D eigenvalue weighted by molar-refractivity contribution is -0.166. The molecule has 3 nitrogen and oxygen atoms in total. The van der Waals surface area contributed by atoms with Crippen LogP contribution in [0, 0.1) is 0 Å². The van der Waals surface area contributed by atoms with Crippen molar-refractivity contribution in [1.82, 2.24) is 5.32 Å². The van der Waals surface area contributed by atoms with Gasteiger partial charge in [0.05, 0.1) is 6.42 Å². The molecule has 0 radical (unpaired) electrons. The summed E-state index contributed by atoms with van der Waals surface area (Å²) in [5, 5.41) is 10.4. The van der Waals surface area contributed by atoms with Crippen LogP contribution in [0.15, 0.2) is 0 Å². The van der Waals surface area contributed by atoms with Crippen molar-refractivity contribution in [2.75, 3.05) is 6.54 Å². The SMILES string of the molecule is O=C(O)CCNC1(C(F)(F)F)CC1. The Morgan fingerprint density at radius 2 is 2.00 bits per heavy atom. The Morgan fingerprint density at radius 3 is 2.31 bits per heavy atom. The maximum atomic E-state index is 12.2. The van der Waals surface area contributed by atoms with Gasteiger partial charge in [0.15, 0.2) is 0 Å². The minimum atomic E-state index is -4.26. The van der Waals surface area contributed by atoms with Crippen molar-refractivity contribution in [1.29, 1.82) is 0 Å². The fourth-order valence-electron chi connectivity index (χ4n) is 1.09. The van der Waals surface area contributed by atoms with E-state index in [4.69, 9.17) is 5.11 Å². The summed E-state index contributed by atoms with van der Waals surface area (Å²) < 4.78 is 36.6. The fraction of sp³-hybridized carbons (Fsp3) is 0.857. The molecule has 1 aliphatic rings. The van der Waals surface area contributed by atoms with Crippen LogP contribution >= 0.6 is 0 Å². The molecule has 13 heavy (non-hydrogen) atoms. The Bertz CT molecular complexity index is 210. The molecule has 1 aliphatic carbocycles. The zero-order valence-electron chi connectivity index (χ0n) is 6.82. The summed E-state index contributed by atoms with van der Waals surface area (Å²) in [4.78, 5) is 10.0. The van der Waals surface area contributed by atoms with Crippen LogP contribution < -0.4 is 5.32 Å². The zero-order chi connectivity index (χ0) is 10.1. The number of aliphatic carboxylic acids is 1.